The molecule has 0 radical (unpaired) electrons. The van der Waals surface area contributed by atoms with Gasteiger partial charge in [-0.25, -0.2) is 0 Å². The summed E-state index contributed by atoms with van der Waals surface area (Å²) in [6.45, 7) is 2.34. The highest BCUT2D eigenvalue weighted by molar-refractivity contribution is 5.47. The van der Waals surface area contributed by atoms with Gasteiger partial charge in [0.25, 0.3) is 0 Å². The summed E-state index contributed by atoms with van der Waals surface area (Å²) in [6, 6.07) is 6.72. The van der Waals surface area contributed by atoms with Crippen LogP contribution in [0.25, 0.3) is 0 Å². The molecule has 2 aliphatic rings. The highest BCUT2D eigenvalue weighted by Crippen LogP contribution is 2.33. The van der Waals surface area contributed by atoms with Crippen molar-refractivity contribution in [1.82, 2.24) is 5.32 Å². The molecule has 0 fully saturated rings. The van der Waals surface area contributed by atoms with E-state index in [2.05, 4.69) is 23.5 Å². The van der Waals surface area contributed by atoms with Crippen molar-refractivity contribution < 1.29 is 9.47 Å². The van der Waals surface area contributed by atoms with E-state index in [9.17, 15) is 0 Å². The number of nitrogens with one attached hydrogen (secondary N) is 1. The fourth-order valence-electron chi connectivity index (χ4n) is 2.43. The Bertz CT molecular complexity index is 434. The van der Waals surface area contributed by atoms with Crippen LogP contribution in [0.2, 0.25) is 0 Å². The molecule has 0 aromatic heterocycles. The first-order chi connectivity index (χ1) is 8.93. The average Bonchev–Trinajstić information content (AvgIpc) is 2.79. The van der Waals surface area contributed by atoms with E-state index < -0.39 is 0 Å². The molecule has 1 aromatic rings. The smallest absolute Gasteiger partial charge is 0.165 e. The third kappa shape index (κ3) is 2.51. The fraction of sp³-hybridized carbons (Fsp3) is 0.467. The molecule has 3 heteroatoms. The molecule has 3 rings (SSSR count). The van der Waals surface area contributed by atoms with Crippen LogP contribution in [0.3, 0.4) is 0 Å². The first-order valence-corrected chi connectivity index (χ1v) is 6.69. The summed E-state index contributed by atoms with van der Waals surface area (Å²) in [5.74, 6) is 1.81. The van der Waals surface area contributed by atoms with E-state index in [1.54, 1.807) is 0 Å². The third-order valence-corrected chi connectivity index (χ3v) is 3.44. The second kappa shape index (κ2) is 5.44. The summed E-state index contributed by atoms with van der Waals surface area (Å²) >= 11 is 0. The molecule has 0 spiro atoms. The average molecular weight is 245 g/mol. The molecule has 1 aromatic carbocycles. The van der Waals surface area contributed by atoms with Gasteiger partial charge in [0.05, 0.1) is 13.2 Å². The molecule has 0 bridgehead atoms. The summed E-state index contributed by atoms with van der Waals surface area (Å²) in [5, 5.41) is 3.57. The van der Waals surface area contributed by atoms with Crippen molar-refractivity contribution in [2.24, 2.45) is 0 Å². The Hall–Kier alpha value is -1.48. The van der Waals surface area contributed by atoms with Crippen LogP contribution in [0.1, 0.15) is 24.8 Å². The lowest BCUT2D eigenvalue weighted by Gasteiger charge is -2.15. The SMILES string of the molecule is C1=CCC(NCc2cccc3c2OCCCO3)C1. The Morgan fingerprint density at radius 3 is 2.83 bits per heavy atom. The lowest BCUT2D eigenvalue weighted by Crippen LogP contribution is -2.25. The molecule has 0 atom stereocenters. The lowest BCUT2D eigenvalue weighted by molar-refractivity contribution is 0.295. The molecule has 0 unspecified atom stereocenters. The van der Waals surface area contributed by atoms with Gasteiger partial charge in [-0.2, -0.15) is 0 Å². The van der Waals surface area contributed by atoms with E-state index in [0.29, 0.717) is 6.04 Å². The predicted molar refractivity (Wildman–Crippen MR) is 71.1 cm³/mol. The molecule has 1 heterocycles. The predicted octanol–water partition coefficient (Wildman–Crippen LogP) is 2.66. The Morgan fingerprint density at radius 1 is 1.11 bits per heavy atom. The zero-order valence-corrected chi connectivity index (χ0v) is 10.5. The summed E-state index contributed by atoms with van der Waals surface area (Å²) in [5.41, 5.74) is 1.20. The number of hydrogen-bond acceptors (Lipinski definition) is 3. The lowest BCUT2D eigenvalue weighted by atomic mass is 10.1. The number of rotatable bonds is 3. The molecule has 1 aliphatic heterocycles. The minimum absolute atomic E-state index is 0.576. The van der Waals surface area contributed by atoms with Crippen LogP contribution in [0.15, 0.2) is 30.4 Å². The van der Waals surface area contributed by atoms with Gasteiger partial charge in [0.15, 0.2) is 11.5 Å². The first-order valence-electron chi connectivity index (χ1n) is 6.69. The highest BCUT2D eigenvalue weighted by Gasteiger charge is 2.15. The van der Waals surface area contributed by atoms with Crippen LogP contribution in [0.5, 0.6) is 11.5 Å². The Kier molecular flexibility index (Phi) is 3.51. The number of benzene rings is 1. The maximum Gasteiger partial charge on any atom is 0.165 e. The van der Waals surface area contributed by atoms with Crippen molar-refractivity contribution in [2.75, 3.05) is 13.2 Å². The van der Waals surface area contributed by atoms with Crippen molar-refractivity contribution in [3.8, 4) is 11.5 Å². The molecule has 18 heavy (non-hydrogen) atoms. The zero-order valence-electron chi connectivity index (χ0n) is 10.5. The number of fused-ring (bicyclic) bond motifs is 1. The van der Waals surface area contributed by atoms with Crippen LogP contribution >= 0.6 is 0 Å². The monoisotopic (exact) mass is 245 g/mol. The van der Waals surface area contributed by atoms with E-state index in [1.807, 2.05) is 12.1 Å². The topological polar surface area (TPSA) is 30.5 Å². The van der Waals surface area contributed by atoms with Gasteiger partial charge in [-0.15, -0.1) is 0 Å². The first kappa shape index (κ1) is 11.6. The zero-order chi connectivity index (χ0) is 12.2. The Labute approximate surface area is 108 Å². The van der Waals surface area contributed by atoms with Crippen molar-refractivity contribution in [1.29, 1.82) is 0 Å². The van der Waals surface area contributed by atoms with Crippen LogP contribution in [-0.2, 0) is 6.54 Å². The molecule has 1 N–H and O–H groups in total. The van der Waals surface area contributed by atoms with Crippen LogP contribution in [0.4, 0.5) is 0 Å². The van der Waals surface area contributed by atoms with E-state index in [4.69, 9.17) is 9.47 Å². The summed E-state index contributed by atoms with van der Waals surface area (Å²) in [4.78, 5) is 0. The van der Waals surface area contributed by atoms with Gasteiger partial charge in [-0.1, -0.05) is 24.3 Å². The molecule has 0 amide bonds. The van der Waals surface area contributed by atoms with Gasteiger partial charge in [0, 0.05) is 24.6 Å². The van der Waals surface area contributed by atoms with Crippen LogP contribution in [-0.4, -0.2) is 19.3 Å². The van der Waals surface area contributed by atoms with Gasteiger partial charge in [-0.05, 0) is 18.9 Å². The Morgan fingerprint density at radius 2 is 1.94 bits per heavy atom. The normalized spacial score (nSPS) is 18.9. The maximum atomic E-state index is 5.81. The second-order valence-electron chi connectivity index (χ2n) is 4.82. The molecular formula is C15H19NO2. The van der Waals surface area contributed by atoms with Crippen LogP contribution in [0, 0.1) is 0 Å². The quantitative estimate of drug-likeness (QED) is 0.830. The van der Waals surface area contributed by atoms with E-state index >= 15 is 0 Å². The number of para-hydroxylation sites is 1. The van der Waals surface area contributed by atoms with E-state index in [1.165, 1.54) is 5.56 Å². The molecule has 0 saturated carbocycles. The van der Waals surface area contributed by atoms with Gasteiger partial charge in [0.2, 0.25) is 0 Å². The van der Waals surface area contributed by atoms with E-state index in [0.717, 1.165) is 50.5 Å². The second-order valence-corrected chi connectivity index (χ2v) is 4.82. The van der Waals surface area contributed by atoms with Crippen molar-refractivity contribution in [2.45, 2.75) is 31.8 Å². The molecular weight excluding hydrogens is 226 g/mol. The minimum Gasteiger partial charge on any atom is -0.490 e. The van der Waals surface area contributed by atoms with Gasteiger partial charge in [0.1, 0.15) is 0 Å². The highest BCUT2D eigenvalue weighted by atomic mass is 16.5. The van der Waals surface area contributed by atoms with Gasteiger partial charge >= 0.3 is 0 Å². The molecule has 3 nitrogen and oxygen atoms in total. The Balaban J connectivity index is 1.71. The van der Waals surface area contributed by atoms with Crippen molar-refractivity contribution in [3.63, 3.8) is 0 Å². The summed E-state index contributed by atoms with van der Waals surface area (Å²) < 4.78 is 11.5. The molecule has 96 valence electrons. The van der Waals surface area contributed by atoms with Gasteiger partial charge in [-0.3, -0.25) is 0 Å². The molecule has 1 aliphatic carbocycles. The largest absolute Gasteiger partial charge is 0.490 e. The summed E-state index contributed by atoms with van der Waals surface area (Å²) in [6.07, 6.45) is 7.69. The fourth-order valence-corrected chi connectivity index (χ4v) is 2.43. The standard InChI is InChI=1S/C15H19NO2/c1-2-7-13(6-1)16-11-12-5-3-8-14-15(12)18-10-4-9-17-14/h1-3,5,8,13,16H,4,6-7,9-11H2. The summed E-state index contributed by atoms with van der Waals surface area (Å²) in [7, 11) is 0. The molecule has 0 saturated heterocycles. The minimum atomic E-state index is 0.576. The third-order valence-electron chi connectivity index (χ3n) is 3.44. The number of hydrogen-bond donors (Lipinski definition) is 1. The van der Waals surface area contributed by atoms with Crippen LogP contribution < -0.4 is 14.8 Å². The maximum absolute atomic E-state index is 5.81. The van der Waals surface area contributed by atoms with Gasteiger partial charge < -0.3 is 14.8 Å². The number of ether oxygens (including phenoxy) is 2. The van der Waals surface area contributed by atoms with Crippen molar-refractivity contribution in [3.05, 3.63) is 35.9 Å². The van der Waals surface area contributed by atoms with Crippen molar-refractivity contribution >= 4 is 0 Å². The van der Waals surface area contributed by atoms with E-state index in [-0.39, 0.29) is 0 Å².